The van der Waals surface area contributed by atoms with Gasteiger partial charge in [-0.1, -0.05) is 19.1 Å². The van der Waals surface area contributed by atoms with E-state index in [2.05, 4.69) is 5.32 Å². The monoisotopic (exact) mass is 275 g/mol. The number of rotatable bonds is 4. The lowest BCUT2D eigenvalue weighted by Gasteiger charge is -2.24. The van der Waals surface area contributed by atoms with Crippen LogP contribution in [0.3, 0.4) is 0 Å². The maximum Gasteiger partial charge on any atom is 0.244 e. The topological polar surface area (TPSA) is 75.4 Å². The predicted molar refractivity (Wildman–Crippen MR) is 79.5 cm³/mol. The fourth-order valence-electron chi connectivity index (χ4n) is 2.14. The summed E-state index contributed by atoms with van der Waals surface area (Å²) in [6, 6.07) is 7.33. The Balaban J connectivity index is 2.25. The molecular formula is C15H21N3O2. The van der Waals surface area contributed by atoms with E-state index in [1.165, 1.54) is 0 Å². The lowest BCUT2D eigenvalue weighted by Crippen LogP contribution is -2.48. The summed E-state index contributed by atoms with van der Waals surface area (Å²) in [4.78, 5) is 25.7. The van der Waals surface area contributed by atoms with E-state index in [4.69, 9.17) is 5.73 Å². The minimum atomic E-state index is -0.915. The van der Waals surface area contributed by atoms with E-state index in [9.17, 15) is 9.59 Å². The molecule has 1 aliphatic rings. The van der Waals surface area contributed by atoms with E-state index in [0.29, 0.717) is 25.1 Å². The normalized spacial score (nSPS) is 17.9. The first-order valence-electron chi connectivity index (χ1n) is 6.95. The number of carbonyl (C=O) groups is 2. The molecular weight excluding hydrogens is 254 g/mol. The standard InChI is InChI=1S/C15H21N3O2/c1-3-15(2,16)14(20)17-11-7-4-5-8-12(11)18-10-6-9-13(18)19/h4-5,7-8H,3,6,9-10,16H2,1-2H3,(H,17,20). The van der Waals surface area contributed by atoms with Gasteiger partial charge in [0.25, 0.3) is 0 Å². The van der Waals surface area contributed by atoms with Crippen LogP contribution in [0.1, 0.15) is 33.1 Å². The zero-order valence-electron chi connectivity index (χ0n) is 12.0. The van der Waals surface area contributed by atoms with Crippen molar-refractivity contribution < 1.29 is 9.59 Å². The van der Waals surface area contributed by atoms with Gasteiger partial charge in [0.05, 0.1) is 16.9 Å². The molecule has 1 heterocycles. The number of hydrogen-bond acceptors (Lipinski definition) is 3. The fraction of sp³-hybridized carbons (Fsp3) is 0.467. The quantitative estimate of drug-likeness (QED) is 0.881. The van der Waals surface area contributed by atoms with Crippen LogP contribution in [0.2, 0.25) is 0 Å². The summed E-state index contributed by atoms with van der Waals surface area (Å²) >= 11 is 0. The molecule has 1 saturated heterocycles. The van der Waals surface area contributed by atoms with E-state index >= 15 is 0 Å². The first kappa shape index (κ1) is 14.5. The van der Waals surface area contributed by atoms with E-state index in [-0.39, 0.29) is 11.8 Å². The number of amides is 2. The molecule has 2 rings (SSSR count). The van der Waals surface area contributed by atoms with Gasteiger partial charge in [0.2, 0.25) is 11.8 Å². The van der Waals surface area contributed by atoms with Gasteiger partial charge in [0.15, 0.2) is 0 Å². The smallest absolute Gasteiger partial charge is 0.244 e. The van der Waals surface area contributed by atoms with E-state index in [1.807, 2.05) is 25.1 Å². The molecule has 20 heavy (non-hydrogen) atoms. The van der Waals surface area contributed by atoms with Crippen LogP contribution in [-0.4, -0.2) is 23.9 Å². The molecule has 1 aromatic carbocycles. The highest BCUT2D eigenvalue weighted by molar-refractivity contribution is 6.04. The summed E-state index contributed by atoms with van der Waals surface area (Å²) in [5.41, 5.74) is 6.41. The summed E-state index contributed by atoms with van der Waals surface area (Å²) in [5, 5.41) is 2.84. The fourth-order valence-corrected chi connectivity index (χ4v) is 2.14. The Bertz CT molecular complexity index is 526. The largest absolute Gasteiger partial charge is 0.323 e. The summed E-state index contributed by atoms with van der Waals surface area (Å²) in [6.07, 6.45) is 1.96. The van der Waals surface area contributed by atoms with Crippen molar-refractivity contribution in [3.8, 4) is 0 Å². The first-order chi connectivity index (χ1) is 9.45. The molecule has 0 radical (unpaired) electrons. The maximum atomic E-state index is 12.2. The summed E-state index contributed by atoms with van der Waals surface area (Å²) in [5.74, 6) is -0.142. The van der Waals surface area contributed by atoms with Crippen LogP contribution in [0.25, 0.3) is 0 Å². The average Bonchev–Trinajstić information content (AvgIpc) is 2.85. The number of benzene rings is 1. The Kier molecular flexibility index (Phi) is 4.09. The highest BCUT2D eigenvalue weighted by atomic mass is 16.2. The van der Waals surface area contributed by atoms with Crippen LogP contribution in [0.4, 0.5) is 11.4 Å². The number of nitrogens with two attached hydrogens (primary N) is 1. The molecule has 1 fully saturated rings. The average molecular weight is 275 g/mol. The first-order valence-corrected chi connectivity index (χ1v) is 6.95. The van der Waals surface area contributed by atoms with Crippen LogP contribution in [-0.2, 0) is 9.59 Å². The Labute approximate surface area is 119 Å². The molecule has 1 atom stereocenters. The maximum absolute atomic E-state index is 12.2. The Morgan fingerprint density at radius 1 is 1.45 bits per heavy atom. The molecule has 5 nitrogen and oxygen atoms in total. The lowest BCUT2D eigenvalue weighted by molar-refractivity contribution is -0.120. The van der Waals surface area contributed by atoms with Crippen molar-refractivity contribution in [2.45, 2.75) is 38.6 Å². The molecule has 0 spiro atoms. The Hall–Kier alpha value is -1.88. The molecule has 1 aromatic rings. The number of para-hydroxylation sites is 2. The molecule has 0 saturated carbocycles. The van der Waals surface area contributed by atoms with Gasteiger partial charge in [-0.2, -0.15) is 0 Å². The third-order valence-corrected chi connectivity index (χ3v) is 3.77. The minimum absolute atomic E-state index is 0.0951. The van der Waals surface area contributed by atoms with Gasteiger partial charge in [-0.3, -0.25) is 9.59 Å². The number of nitrogens with one attached hydrogen (secondary N) is 1. The van der Waals surface area contributed by atoms with E-state index < -0.39 is 5.54 Å². The van der Waals surface area contributed by atoms with Gasteiger partial charge in [-0.25, -0.2) is 0 Å². The Morgan fingerprint density at radius 2 is 2.15 bits per heavy atom. The predicted octanol–water partition coefficient (Wildman–Crippen LogP) is 1.88. The van der Waals surface area contributed by atoms with Gasteiger partial charge in [0.1, 0.15) is 0 Å². The summed E-state index contributed by atoms with van der Waals surface area (Å²) < 4.78 is 0. The molecule has 108 valence electrons. The van der Waals surface area contributed by atoms with Gasteiger partial charge in [-0.15, -0.1) is 0 Å². The zero-order chi connectivity index (χ0) is 14.8. The second-order valence-electron chi connectivity index (χ2n) is 5.39. The van der Waals surface area contributed by atoms with Crippen LogP contribution >= 0.6 is 0 Å². The second kappa shape index (κ2) is 5.63. The van der Waals surface area contributed by atoms with Crippen molar-refractivity contribution >= 4 is 23.2 Å². The van der Waals surface area contributed by atoms with Crippen molar-refractivity contribution in [2.24, 2.45) is 5.73 Å². The second-order valence-corrected chi connectivity index (χ2v) is 5.39. The highest BCUT2D eigenvalue weighted by Gasteiger charge is 2.28. The van der Waals surface area contributed by atoms with Crippen molar-refractivity contribution in [2.75, 3.05) is 16.8 Å². The van der Waals surface area contributed by atoms with Crippen molar-refractivity contribution in [1.29, 1.82) is 0 Å². The molecule has 1 aliphatic heterocycles. The number of hydrogen-bond donors (Lipinski definition) is 2. The van der Waals surface area contributed by atoms with Gasteiger partial charge < -0.3 is 16.0 Å². The SMILES string of the molecule is CCC(C)(N)C(=O)Nc1ccccc1N1CCCC1=O. The van der Waals surface area contributed by atoms with E-state index in [1.54, 1.807) is 17.9 Å². The van der Waals surface area contributed by atoms with Gasteiger partial charge >= 0.3 is 0 Å². The third kappa shape index (κ3) is 2.82. The Morgan fingerprint density at radius 3 is 2.75 bits per heavy atom. The molecule has 3 N–H and O–H groups in total. The summed E-state index contributed by atoms with van der Waals surface area (Å²) in [7, 11) is 0. The third-order valence-electron chi connectivity index (χ3n) is 3.77. The van der Waals surface area contributed by atoms with Gasteiger partial charge in [0, 0.05) is 13.0 Å². The van der Waals surface area contributed by atoms with Gasteiger partial charge in [-0.05, 0) is 31.9 Å². The molecule has 0 aliphatic carbocycles. The number of carbonyl (C=O) groups excluding carboxylic acids is 2. The number of nitrogens with zero attached hydrogens (tertiary/aromatic N) is 1. The van der Waals surface area contributed by atoms with Crippen LogP contribution in [0, 0.1) is 0 Å². The molecule has 0 aromatic heterocycles. The lowest BCUT2D eigenvalue weighted by atomic mass is 9.99. The highest BCUT2D eigenvalue weighted by Crippen LogP contribution is 2.29. The molecule has 0 bridgehead atoms. The van der Waals surface area contributed by atoms with Crippen LogP contribution in [0.5, 0.6) is 0 Å². The van der Waals surface area contributed by atoms with Crippen molar-refractivity contribution in [3.63, 3.8) is 0 Å². The molecule has 5 heteroatoms. The van der Waals surface area contributed by atoms with Crippen molar-refractivity contribution in [3.05, 3.63) is 24.3 Å². The minimum Gasteiger partial charge on any atom is -0.323 e. The molecule has 2 amide bonds. The molecule has 1 unspecified atom stereocenters. The van der Waals surface area contributed by atoms with E-state index in [0.717, 1.165) is 12.1 Å². The number of anilines is 2. The van der Waals surface area contributed by atoms with Crippen molar-refractivity contribution in [1.82, 2.24) is 0 Å². The summed E-state index contributed by atoms with van der Waals surface area (Å²) in [6.45, 7) is 4.26. The zero-order valence-corrected chi connectivity index (χ0v) is 12.0. The van der Waals surface area contributed by atoms with Crippen LogP contribution < -0.4 is 16.0 Å². The van der Waals surface area contributed by atoms with Crippen LogP contribution in [0.15, 0.2) is 24.3 Å².